The van der Waals surface area contributed by atoms with Crippen LogP contribution in [-0.2, 0) is 6.42 Å². The van der Waals surface area contributed by atoms with Crippen molar-refractivity contribution < 1.29 is 9.90 Å². The molecule has 0 unspecified atom stereocenters. The van der Waals surface area contributed by atoms with Crippen molar-refractivity contribution in [3.63, 3.8) is 0 Å². The second kappa shape index (κ2) is 6.80. The number of aryl methyl sites for hydroxylation is 1. The molecule has 1 fully saturated rings. The number of likely N-dealkylation sites (tertiary alicyclic amines) is 1. The molecule has 2 aromatic rings. The number of aromatic hydroxyl groups is 1. The molecular formula is C23H30N4O2. The third-order valence-corrected chi connectivity index (χ3v) is 6.74. The summed E-state index contributed by atoms with van der Waals surface area (Å²) >= 11 is 0. The predicted octanol–water partition coefficient (Wildman–Crippen LogP) is 4.04. The van der Waals surface area contributed by atoms with Crippen LogP contribution in [0.15, 0.2) is 24.3 Å². The summed E-state index contributed by atoms with van der Waals surface area (Å²) in [5.74, 6) is 0.912. The van der Waals surface area contributed by atoms with Gasteiger partial charge >= 0.3 is 0 Å². The van der Waals surface area contributed by atoms with E-state index in [0.717, 1.165) is 30.6 Å². The first-order chi connectivity index (χ1) is 13.6. The van der Waals surface area contributed by atoms with E-state index in [0.29, 0.717) is 29.3 Å². The molecule has 2 heterocycles. The quantitative estimate of drug-likeness (QED) is 0.818. The van der Waals surface area contributed by atoms with E-state index in [1.54, 1.807) is 6.07 Å². The van der Waals surface area contributed by atoms with Crippen molar-refractivity contribution in [3.05, 3.63) is 35.4 Å². The predicted molar refractivity (Wildman–Crippen MR) is 114 cm³/mol. The lowest BCUT2D eigenvalue weighted by Crippen LogP contribution is -2.61. The fourth-order valence-corrected chi connectivity index (χ4v) is 4.92. The third kappa shape index (κ3) is 3.62. The van der Waals surface area contributed by atoms with Gasteiger partial charge in [-0.25, -0.2) is 0 Å². The third-order valence-electron chi connectivity index (χ3n) is 6.74. The van der Waals surface area contributed by atoms with Crippen molar-refractivity contribution in [1.82, 2.24) is 15.1 Å². The highest BCUT2D eigenvalue weighted by Crippen LogP contribution is 2.38. The molecule has 0 bridgehead atoms. The SMILES string of the molecule is CN1C(C)(C)CC(Nc2ccc(-c3cc4c(cc3O)C(=O)CC4)nn2)CC1(C)C. The maximum Gasteiger partial charge on any atom is 0.163 e. The lowest BCUT2D eigenvalue weighted by molar-refractivity contribution is -0.00774. The Morgan fingerprint density at radius 3 is 2.34 bits per heavy atom. The number of ketones is 1. The first kappa shape index (κ1) is 19.8. The number of carbonyl (C=O) groups is 1. The Morgan fingerprint density at radius 1 is 1.03 bits per heavy atom. The van der Waals surface area contributed by atoms with Crippen LogP contribution in [0.5, 0.6) is 5.75 Å². The van der Waals surface area contributed by atoms with Gasteiger partial charge in [0.2, 0.25) is 0 Å². The molecular weight excluding hydrogens is 364 g/mol. The molecule has 1 aromatic carbocycles. The van der Waals surface area contributed by atoms with Crippen LogP contribution in [0.2, 0.25) is 0 Å². The lowest BCUT2D eigenvalue weighted by Gasteiger charge is -2.53. The zero-order valence-corrected chi connectivity index (χ0v) is 17.9. The van der Waals surface area contributed by atoms with E-state index in [9.17, 15) is 9.90 Å². The number of nitrogens with zero attached hydrogens (tertiary/aromatic N) is 3. The van der Waals surface area contributed by atoms with Gasteiger partial charge in [0.05, 0.1) is 5.69 Å². The highest BCUT2D eigenvalue weighted by atomic mass is 16.3. The van der Waals surface area contributed by atoms with Gasteiger partial charge in [-0.3, -0.25) is 9.69 Å². The molecule has 0 atom stereocenters. The number of aromatic nitrogens is 2. The fourth-order valence-electron chi connectivity index (χ4n) is 4.92. The normalized spacial score (nSPS) is 21.2. The highest BCUT2D eigenvalue weighted by Gasteiger charge is 2.43. The Hall–Kier alpha value is -2.47. The lowest BCUT2D eigenvalue weighted by atomic mass is 9.77. The Labute approximate surface area is 172 Å². The van der Waals surface area contributed by atoms with Crippen molar-refractivity contribution in [2.75, 3.05) is 12.4 Å². The van der Waals surface area contributed by atoms with Crippen LogP contribution >= 0.6 is 0 Å². The monoisotopic (exact) mass is 394 g/mol. The highest BCUT2D eigenvalue weighted by molar-refractivity contribution is 6.01. The molecule has 0 amide bonds. The number of fused-ring (bicyclic) bond motifs is 1. The van der Waals surface area contributed by atoms with Crippen LogP contribution in [0.3, 0.4) is 0 Å². The number of Topliss-reactive ketones (excluding diaryl/α,β-unsaturated/α-hetero) is 1. The molecule has 2 aliphatic rings. The van der Waals surface area contributed by atoms with Gasteiger partial charge in [-0.2, -0.15) is 0 Å². The van der Waals surface area contributed by atoms with Gasteiger partial charge in [0, 0.05) is 34.7 Å². The van der Waals surface area contributed by atoms with Crippen LogP contribution in [0.4, 0.5) is 5.82 Å². The van der Waals surface area contributed by atoms with Crippen molar-refractivity contribution in [1.29, 1.82) is 0 Å². The summed E-state index contributed by atoms with van der Waals surface area (Å²) in [6.45, 7) is 9.11. The summed E-state index contributed by atoms with van der Waals surface area (Å²) in [4.78, 5) is 14.3. The van der Waals surface area contributed by atoms with Crippen LogP contribution in [0, 0.1) is 0 Å². The molecule has 0 radical (unpaired) electrons. The average molecular weight is 395 g/mol. The first-order valence-corrected chi connectivity index (χ1v) is 10.3. The standard InChI is InChI=1S/C23H30N4O2/c1-22(2)12-15(13-23(3,4)27(22)5)24-21-9-7-18(25-26-21)17-10-14-6-8-19(28)16(14)11-20(17)29/h7,9-11,15,29H,6,8,12-13H2,1-5H3,(H,24,26). The zero-order valence-electron chi connectivity index (χ0n) is 17.9. The smallest absolute Gasteiger partial charge is 0.163 e. The molecule has 0 spiro atoms. The molecule has 1 saturated heterocycles. The number of rotatable bonds is 3. The van der Waals surface area contributed by atoms with E-state index < -0.39 is 0 Å². The van der Waals surface area contributed by atoms with Gasteiger partial charge in [-0.05, 0) is 83.8 Å². The number of anilines is 1. The maximum absolute atomic E-state index is 11.9. The number of nitrogens with one attached hydrogen (secondary N) is 1. The summed E-state index contributed by atoms with van der Waals surface area (Å²) < 4.78 is 0. The van der Waals surface area contributed by atoms with Gasteiger partial charge in [-0.1, -0.05) is 0 Å². The van der Waals surface area contributed by atoms with Crippen LogP contribution < -0.4 is 5.32 Å². The van der Waals surface area contributed by atoms with Crippen molar-refractivity contribution in [2.24, 2.45) is 0 Å². The van der Waals surface area contributed by atoms with Crippen LogP contribution in [0.1, 0.15) is 62.9 Å². The largest absolute Gasteiger partial charge is 0.507 e. The molecule has 1 aromatic heterocycles. The summed E-state index contributed by atoms with van der Waals surface area (Å²) in [7, 11) is 2.20. The summed E-state index contributed by atoms with van der Waals surface area (Å²) in [6, 6.07) is 7.54. The van der Waals surface area contributed by atoms with Crippen LogP contribution in [-0.4, -0.2) is 50.2 Å². The second-order valence-electron chi connectivity index (χ2n) is 9.69. The van der Waals surface area contributed by atoms with E-state index in [2.05, 4.69) is 55.2 Å². The average Bonchev–Trinajstić information content (AvgIpc) is 2.99. The molecule has 6 nitrogen and oxygen atoms in total. The van der Waals surface area contributed by atoms with E-state index in [4.69, 9.17) is 0 Å². The van der Waals surface area contributed by atoms with E-state index in [1.165, 1.54) is 0 Å². The number of piperidine rings is 1. The number of benzene rings is 1. The molecule has 4 rings (SSSR count). The number of hydrogen-bond donors (Lipinski definition) is 2. The molecule has 6 heteroatoms. The molecule has 29 heavy (non-hydrogen) atoms. The Morgan fingerprint density at radius 2 is 1.72 bits per heavy atom. The van der Waals surface area contributed by atoms with Gasteiger partial charge in [0.1, 0.15) is 11.6 Å². The first-order valence-electron chi connectivity index (χ1n) is 10.3. The van der Waals surface area contributed by atoms with Gasteiger partial charge in [-0.15, -0.1) is 10.2 Å². The van der Waals surface area contributed by atoms with E-state index >= 15 is 0 Å². The minimum atomic E-state index is 0.0767. The zero-order chi connectivity index (χ0) is 21.0. The molecule has 1 aliphatic heterocycles. The summed E-state index contributed by atoms with van der Waals surface area (Å²) in [5, 5.41) is 22.6. The molecule has 1 aliphatic carbocycles. The van der Waals surface area contributed by atoms with Gasteiger partial charge in [0.15, 0.2) is 5.78 Å². The van der Waals surface area contributed by atoms with Crippen LogP contribution in [0.25, 0.3) is 11.3 Å². The number of carbonyl (C=O) groups excluding carboxylic acids is 1. The van der Waals surface area contributed by atoms with Gasteiger partial charge < -0.3 is 10.4 Å². The summed E-state index contributed by atoms with van der Waals surface area (Å²) in [5.41, 5.74) is 3.03. The minimum Gasteiger partial charge on any atom is -0.507 e. The summed E-state index contributed by atoms with van der Waals surface area (Å²) in [6.07, 6.45) is 3.28. The Bertz CT molecular complexity index is 932. The Balaban J connectivity index is 1.53. The molecule has 154 valence electrons. The second-order valence-corrected chi connectivity index (χ2v) is 9.69. The molecule has 2 N–H and O–H groups in total. The molecule has 0 saturated carbocycles. The number of phenolic OH excluding ortho intramolecular Hbond substituents is 1. The van der Waals surface area contributed by atoms with Gasteiger partial charge in [0.25, 0.3) is 0 Å². The van der Waals surface area contributed by atoms with E-state index in [1.807, 2.05) is 18.2 Å². The van der Waals surface area contributed by atoms with Crippen molar-refractivity contribution in [2.45, 2.75) is 70.5 Å². The maximum atomic E-state index is 11.9. The van der Waals surface area contributed by atoms with Crippen molar-refractivity contribution in [3.8, 4) is 17.0 Å². The number of hydrogen-bond acceptors (Lipinski definition) is 6. The topological polar surface area (TPSA) is 78.4 Å². The fraction of sp³-hybridized carbons (Fsp3) is 0.522. The minimum absolute atomic E-state index is 0.0767. The number of phenols is 1. The van der Waals surface area contributed by atoms with E-state index in [-0.39, 0.29) is 22.6 Å². The van der Waals surface area contributed by atoms with Crippen molar-refractivity contribution >= 4 is 11.6 Å². The Kier molecular flexibility index (Phi) is 4.65.